The molecule has 0 amide bonds. The molecule has 1 saturated heterocycles. The average Bonchev–Trinajstić information content (AvgIpc) is 2.19. The van der Waals surface area contributed by atoms with Gasteiger partial charge in [-0.1, -0.05) is 0 Å². The van der Waals surface area contributed by atoms with Crippen molar-refractivity contribution in [1.29, 1.82) is 0 Å². The minimum Gasteiger partial charge on any atom is -0.390 e. The Morgan fingerprint density at radius 2 is 2.36 bits per heavy atom. The second-order valence-electron chi connectivity index (χ2n) is 4.23. The molecule has 2 atom stereocenters. The van der Waals surface area contributed by atoms with Gasteiger partial charge in [0.1, 0.15) is 0 Å². The van der Waals surface area contributed by atoms with Crippen molar-refractivity contribution in [3.63, 3.8) is 0 Å². The highest BCUT2D eigenvalue weighted by Gasteiger charge is 2.34. The molecule has 2 nitrogen and oxygen atoms in total. The van der Waals surface area contributed by atoms with E-state index in [1.165, 1.54) is 0 Å². The van der Waals surface area contributed by atoms with Gasteiger partial charge in [0, 0.05) is 13.0 Å². The highest BCUT2D eigenvalue weighted by Crippen LogP contribution is 2.29. The Morgan fingerprint density at radius 3 is 2.93 bits per heavy atom. The summed E-state index contributed by atoms with van der Waals surface area (Å²) in [5.41, 5.74) is -0.327. The number of aliphatic hydroxyl groups excluding tert-OH is 1. The van der Waals surface area contributed by atoms with E-state index in [9.17, 15) is 5.11 Å². The highest BCUT2D eigenvalue weighted by atomic mass is 16.5. The topological polar surface area (TPSA) is 29.5 Å². The van der Waals surface area contributed by atoms with Crippen LogP contribution in [0.5, 0.6) is 0 Å². The lowest BCUT2D eigenvalue weighted by atomic mass is 9.87. The smallest absolute Gasteiger partial charge is 0.0912 e. The maximum absolute atomic E-state index is 9.97. The third-order valence-electron chi connectivity index (χ3n) is 3.00. The summed E-state index contributed by atoms with van der Waals surface area (Å²) in [6, 6.07) is 0. The van der Waals surface area contributed by atoms with Crippen LogP contribution < -0.4 is 0 Å². The van der Waals surface area contributed by atoms with Crippen LogP contribution in [-0.4, -0.2) is 23.4 Å². The molecule has 0 aromatic heterocycles. The number of unbranched alkanes of at least 4 members (excludes halogenated alkanes) is 1. The molecule has 0 aliphatic carbocycles. The van der Waals surface area contributed by atoms with E-state index in [1.807, 2.05) is 6.92 Å². The number of rotatable bonds is 4. The summed E-state index contributed by atoms with van der Waals surface area (Å²) in [6.45, 7) is 2.79. The summed E-state index contributed by atoms with van der Waals surface area (Å²) in [5.74, 6) is 2.59. The fourth-order valence-corrected chi connectivity index (χ4v) is 1.92. The predicted octanol–water partition coefficient (Wildman–Crippen LogP) is 2.11. The number of aliphatic hydroxyl groups is 1. The summed E-state index contributed by atoms with van der Waals surface area (Å²) in [7, 11) is 0. The first-order valence-corrected chi connectivity index (χ1v) is 5.44. The summed E-state index contributed by atoms with van der Waals surface area (Å²) in [5, 5.41) is 9.97. The zero-order valence-electron chi connectivity index (χ0n) is 8.96. The van der Waals surface area contributed by atoms with Gasteiger partial charge in [-0.25, -0.2) is 0 Å². The van der Waals surface area contributed by atoms with Crippen molar-refractivity contribution in [3.8, 4) is 12.3 Å². The molecule has 80 valence electrons. The normalized spacial score (nSPS) is 29.5. The van der Waals surface area contributed by atoms with Crippen molar-refractivity contribution in [2.24, 2.45) is 0 Å². The van der Waals surface area contributed by atoms with Gasteiger partial charge in [-0.05, 0) is 39.0 Å². The van der Waals surface area contributed by atoms with E-state index in [0.29, 0.717) is 0 Å². The Hall–Kier alpha value is -0.520. The molecule has 0 saturated carbocycles. The zero-order valence-corrected chi connectivity index (χ0v) is 8.96. The summed E-state index contributed by atoms with van der Waals surface area (Å²) < 4.78 is 5.66. The molecule has 2 unspecified atom stereocenters. The lowest BCUT2D eigenvalue weighted by Gasteiger charge is -2.37. The van der Waals surface area contributed by atoms with Gasteiger partial charge in [0.25, 0.3) is 0 Å². The van der Waals surface area contributed by atoms with Crippen molar-refractivity contribution in [2.75, 3.05) is 6.61 Å². The molecule has 0 aromatic rings. The van der Waals surface area contributed by atoms with Crippen LogP contribution >= 0.6 is 0 Å². The van der Waals surface area contributed by atoms with Gasteiger partial charge < -0.3 is 9.84 Å². The van der Waals surface area contributed by atoms with Crippen molar-refractivity contribution in [3.05, 3.63) is 0 Å². The van der Waals surface area contributed by atoms with Crippen LogP contribution in [0.4, 0.5) is 0 Å². The van der Waals surface area contributed by atoms with Gasteiger partial charge in [-0.15, -0.1) is 12.3 Å². The molecule has 1 N–H and O–H groups in total. The molecule has 2 heteroatoms. The van der Waals surface area contributed by atoms with Crippen LogP contribution in [0.15, 0.2) is 0 Å². The Bertz CT molecular complexity index is 199. The largest absolute Gasteiger partial charge is 0.390 e. The highest BCUT2D eigenvalue weighted by molar-refractivity contribution is 4.88. The molecule has 1 aliphatic rings. The Labute approximate surface area is 86.7 Å². The SMILES string of the molecule is C#CCCCC(O)C1(C)CCCCO1. The monoisotopic (exact) mass is 196 g/mol. The fraction of sp³-hybridized carbons (Fsp3) is 0.833. The van der Waals surface area contributed by atoms with E-state index < -0.39 is 0 Å². The second kappa shape index (κ2) is 5.38. The van der Waals surface area contributed by atoms with E-state index >= 15 is 0 Å². The Morgan fingerprint density at radius 1 is 1.57 bits per heavy atom. The van der Waals surface area contributed by atoms with Crippen LogP contribution in [0, 0.1) is 12.3 Å². The van der Waals surface area contributed by atoms with Gasteiger partial charge in [0.2, 0.25) is 0 Å². The third kappa shape index (κ3) is 3.01. The fourth-order valence-electron chi connectivity index (χ4n) is 1.92. The number of terminal acetylenes is 1. The molecular weight excluding hydrogens is 176 g/mol. The third-order valence-corrected chi connectivity index (χ3v) is 3.00. The first-order chi connectivity index (χ1) is 6.69. The predicted molar refractivity (Wildman–Crippen MR) is 56.9 cm³/mol. The number of hydrogen-bond donors (Lipinski definition) is 1. The molecule has 0 aromatic carbocycles. The molecule has 0 bridgehead atoms. The van der Waals surface area contributed by atoms with Crippen molar-refractivity contribution >= 4 is 0 Å². The van der Waals surface area contributed by atoms with Gasteiger partial charge in [0.15, 0.2) is 0 Å². The second-order valence-corrected chi connectivity index (χ2v) is 4.23. The van der Waals surface area contributed by atoms with E-state index in [4.69, 9.17) is 11.2 Å². The first-order valence-electron chi connectivity index (χ1n) is 5.44. The molecule has 0 radical (unpaired) electrons. The van der Waals surface area contributed by atoms with Gasteiger partial charge in [-0.3, -0.25) is 0 Å². The van der Waals surface area contributed by atoms with Crippen molar-refractivity contribution in [2.45, 2.75) is 57.2 Å². The molecule has 1 aliphatic heterocycles. The zero-order chi connectivity index (χ0) is 10.4. The molecule has 1 rings (SSSR count). The Kier molecular flexibility index (Phi) is 4.44. The van der Waals surface area contributed by atoms with E-state index in [0.717, 1.165) is 45.1 Å². The van der Waals surface area contributed by atoms with Gasteiger partial charge in [-0.2, -0.15) is 0 Å². The summed E-state index contributed by atoms with van der Waals surface area (Å²) in [6.07, 6.45) is 10.4. The Balaban J connectivity index is 2.33. The first kappa shape index (κ1) is 11.6. The standard InChI is InChI=1S/C12H20O2/c1-3-4-5-8-11(13)12(2)9-6-7-10-14-12/h1,11,13H,4-10H2,2H3. The lowest BCUT2D eigenvalue weighted by molar-refractivity contribution is -0.138. The maximum Gasteiger partial charge on any atom is 0.0912 e. The van der Waals surface area contributed by atoms with Crippen molar-refractivity contribution in [1.82, 2.24) is 0 Å². The van der Waals surface area contributed by atoms with E-state index in [2.05, 4.69) is 5.92 Å². The molecular formula is C12H20O2. The molecule has 1 heterocycles. The lowest BCUT2D eigenvalue weighted by Crippen LogP contribution is -2.44. The molecule has 1 fully saturated rings. The number of hydrogen-bond acceptors (Lipinski definition) is 2. The van der Waals surface area contributed by atoms with Crippen LogP contribution in [0.3, 0.4) is 0 Å². The summed E-state index contributed by atoms with van der Waals surface area (Å²) in [4.78, 5) is 0. The van der Waals surface area contributed by atoms with Gasteiger partial charge >= 0.3 is 0 Å². The number of ether oxygens (including phenoxy) is 1. The van der Waals surface area contributed by atoms with Crippen molar-refractivity contribution < 1.29 is 9.84 Å². The quantitative estimate of drug-likeness (QED) is 0.551. The molecule has 0 spiro atoms. The van der Waals surface area contributed by atoms with Crippen LogP contribution in [0.2, 0.25) is 0 Å². The minimum absolute atomic E-state index is 0.327. The van der Waals surface area contributed by atoms with Crippen LogP contribution in [0.25, 0.3) is 0 Å². The van der Waals surface area contributed by atoms with E-state index in [-0.39, 0.29) is 11.7 Å². The average molecular weight is 196 g/mol. The van der Waals surface area contributed by atoms with Crippen LogP contribution in [0.1, 0.15) is 45.4 Å². The molecule has 14 heavy (non-hydrogen) atoms. The van der Waals surface area contributed by atoms with Gasteiger partial charge in [0.05, 0.1) is 11.7 Å². The van der Waals surface area contributed by atoms with Crippen LogP contribution in [-0.2, 0) is 4.74 Å². The minimum atomic E-state index is -0.365. The maximum atomic E-state index is 9.97. The van der Waals surface area contributed by atoms with E-state index in [1.54, 1.807) is 0 Å². The summed E-state index contributed by atoms with van der Waals surface area (Å²) >= 11 is 0.